The van der Waals surface area contributed by atoms with Crippen LogP contribution in [0.15, 0.2) is 36.4 Å². The average Bonchev–Trinajstić information content (AvgIpc) is 2.86. The number of carboxylic acids is 1. The first-order valence-electron chi connectivity index (χ1n) is 10.7. The summed E-state index contributed by atoms with van der Waals surface area (Å²) in [5.41, 5.74) is 0. The molecule has 7 heteroatoms. The van der Waals surface area contributed by atoms with Crippen LogP contribution in [0.4, 0.5) is 0 Å². The summed E-state index contributed by atoms with van der Waals surface area (Å²) in [4.78, 5) is 10.7. The highest BCUT2D eigenvalue weighted by molar-refractivity contribution is 6.30. The van der Waals surface area contributed by atoms with Crippen LogP contribution < -0.4 is 4.74 Å². The van der Waals surface area contributed by atoms with Gasteiger partial charge in [-0.25, -0.2) is 0 Å². The third-order valence-electron chi connectivity index (χ3n) is 6.12. The van der Waals surface area contributed by atoms with Gasteiger partial charge in [-0.05, 0) is 55.7 Å². The SMILES string of the molecule is O=C(O)CCC[C@H]1CC[C@@H]2[C@@H](/C=C/[C@H](O)COc3cccc(Cl)c3)[C@H](O)C[C@@H]2OC1. The zero-order valence-corrected chi connectivity index (χ0v) is 17.8. The maximum Gasteiger partial charge on any atom is 0.303 e. The molecule has 0 unspecified atom stereocenters. The van der Waals surface area contributed by atoms with Crippen LogP contribution in [0, 0.1) is 17.8 Å². The molecule has 1 saturated carbocycles. The maximum absolute atomic E-state index is 10.7. The number of aliphatic carboxylic acids is 1. The van der Waals surface area contributed by atoms with Gasteiger partial charge in [0.25, 0.3) is 0 Å². The van der Waals surface area contributed by atoms with Gasteiger partial charge in [0.1, 0.15) is 18.5 Å². The molecule has 0 bridgehead atoms. The lowest BCUT2D eigenvalue weighted by atomic mass is 9.86. The standard InChI is InChI=1S/C23H31ClO6/c24-16-4-2-5-18(11-16)29-14-17(25)8-10-19-20-9-7-15(3-1-6-23(27)28)13-30-22(20)12-21(19)26/h2,4-5,8,10-11,15,17,19-22,25-26H,1,3,6-7,9,12-14H2,(H,27,28)/b10-8+/t15-,17-,19+,20+,21+,22-/m0/s1. The fourth-order valence-corrected chi connectivity index (χ4v) is 4.72. The van der Waals surface area contributed by atoms with E-state index >= 15 is 0 Å². The molecule has 6 atom stereocenters. The molecule has 1 heterocycles. The third-order valence-corrected chi connectivity index (χ3v) is 6.35. The van der Waals surface area contributed by atoms with Gasteiger partial charge < -0.3 is 24.8 Å². The van der Waals surface area contributed by atoms with Crippen molar-refractivity contribution >= 4 is 17.6 Å². The summed E-state index contributed by atoms with van der Waals surface area (Å²) in [6, 6.07) is 7.02. The van der Waals surface area contributed by atoms with Crippen LogP contribution in [0.1, 0.15) is 38.5 Å². The van der Waals surface area contributed by atoms with Gasteiger partial charge in [0.15, 0.2) is 0 Å². The van der Waals surface area contributed by atoms with Crippen molar-refractivity contribution in [2.45, 2.75) is 56.8 Å². The van der Waals surface area contributed by atoms with Gasteiger partial charge in [-0.2, -0.15) is 0 Å². The van der Waals surface area contributed by atoms with Crippen molar-refractivity contribution in [1.82, 2.24) is 0 Å². The predicted octanol–water partition coefficient (Wildman–Crippen LogP) is 3.68. The number of hydrogen-bond acceptors (Lipinski definition) is 5. The Morgan fingerprint density at radius 2 is 2.20 bits per heavy atom. The Hall–Kier alpha value is -1.60. The molecule has 3 N–H and O–H groups in total. The lowest BCUT2D eigenvalue weighted by molar-refractivity contribution is -0.137. The molecule has 0 radical (unpaired) electrons. The molecule has 166 valence electrons. The Morgan fingerprint density at radius 1 is 1.37 bits per heavy atom. The Balaban J connectivity index is 1.49. The van der Waals surface area contributed by atoms with Crippen LogP contribution in [0.3, 0.4) is 0 Å². The van der Waals surface area contributed by atoms with Crippen molar-refractivity contribution in [2.24, 2.45) is 17.8 Å². The van der Waals surface area contributed by atoms with Gasteiger partial charge in [0, 0.05) is 30.4 Å². The number of benzene rings is 1. The minimum absolute atomic E-state index is 0.0129. The van der Waals surface area contributed by atoms with Crippen molar-refractivity contribution < 1.29 is 29.6 Å². The fraction of sp³-hybridized carbons (Fsp3) is 0.609. The topological polar surface area (TPSA) is 96.2 Å². The minimum atomic E-state index is -0.786. The van der Waals surface area contributed by atoms with E-state index in [2.05, 4.69) is 0 Å². The van der Waals surface area contributed by atoms with Crippen LogP contribution >= 0.6 is 11.6 Å². The molecule has 0 amide bonds. The van der Waals surface area contributed by atoms with E-state index in [1.165, 1.54) is 0 Å². The van der Waals surface area contributed by atoms with Crippen LogP contribution in [0.25, 0.3) is 0 Å². The van der Waals surface area contributed by atoms with E-state index in [1.54, 1.807) is 30.3 Å². The zero-order chi connectivity index (χ0) is 21.5. The van der Waals surface area contributed by atoms with E-state index < -0.39 is 18.2 Å². The molecule has 2 fully saturated rings. The highest BCUT2D eigenvalue weighted by atomic mass is 35.5. The highest BCUT2D eigenvalue weighted by Crippen LogP contribution is 2.42. The maximum atomic E-state index is 10.7. The molecule has 0 spiro atoms. The first-order chi connectivity index (χ1) is 14.4. The lowest BCUT2D eigenvalue weighted by Gasteiger charge is -2.21. The van der Waals surface area contributed by atoms with Crippen LogP contribution in [-0.2, 0) is 9.53 Å². The van der Waals surface area contributed by atoms with E-state index in [9.17, 15) is 15.0 Å². The van der Waals surface area contributed by atoms with E-state index in [0.717, 1.165) is 19.3 Å². The van der Waals surface area contributed by atoms with Gasteiger partial charge in [-0.15, -0.1) is 0 Å². The summed E-state index contributed by atoms with van der Waals surface area (Å²) in [5.74, 6) is 0.360. The van der Waals surface area contributed by atoms with Crippen molar-refractivity contribution in [1.29, 1.82) is 0 Å². The van der Waals surface area contributed by atoms with E-state index in [1.807, 2.05) is 6.08 Å². The summed E-state index contributed by atoms with van der Waals surface area (Å²) < 4.78 is 11.7. The second-order valence-corrected chi connectivity index (χ2v) is 8.80. The Morgan fingerprint density at radius 3 is 2.97 bits per heavy atom. The number of aliphatic hydroxyl groups excluding tert-OH is 2. The lowest BCUT2D eigenvalue weighted by Crippen LogP contribution is -2.22. The highest BCUT2D eigenvalue weighted by Gasteiger charge is 2.43. The van der Waals surface area contributed by atoms with Crippen molar-refractivity contribution in [2.75, 3.05) is 13.2 Å². The minimum Gasteiger partial charge on any atom is -0.491 e. The number of hydrogen-bond donors (Lipinski definition) is 3. The van der Waals surface area contributed by atoms with Gasteiger partial charge in [0.2, 0.25) is 0 Å². The molecular formula is C23H31ClO6. The van der Waals surface area contributed by atoms with Crippen molar-refractivity contribution in [3.8, 4) is 5.75 Å². The quantitative estimate of drug-likeness (QED) is 0.509. The molecule has 1 saturated heterocycles. The summed E-state index contributed by atoms with van der Waals surface area (Å²) in [6.07, 6.45) is 6.55. The fourth-order valence-electron chi connectivity index (χ4n) is 4.54. The predicted molar refractivity (Wildman–Crippen MR) is 114 cm³/mol. The van der Waals surface area contributed by atoms with Crippen LogP contribution in [0.5, 0.6) is 5.75 Å². The molecular weight excluding hydrogens is 408 g/mol. The Bertz CT molecular complexity index is 723. The molecule has 1 aromatic carbocycles. The zero-order valence-electron chi connectivity index (χ0n) is 17.0. The number of ether oxygens (including phenoxy) is 2. The van der Waals surface area contributed by atoms with E-state index in [0.29, 0.717) is 36.1 Å². The summed E-state index contributed by atoms with van der Waals surface area (Å²) >= 11 is 5.93. The number of carbonyl (C=O) groups is 1. The normalized spacial score (nSPS) is 30.0. The molecule has 0 aromatic heterocycles. The Kier molecular flexibility index (Phi) is 8.57. The van der Waals surface area contributed by atoms with E-state index in [4.69, 9.17) is 26.2 Å². The van der Waals surface area contributed by atoms with Gasteiger partial charge in [-0.3, -0.25) is 4.79 Å². The van der Waals surface area contributed by atoms with E-state index in [-0.39, 0.29) is 31.0 Å². The number of aliphatic hydroxyl groups is 2. The first kappa shape index (κ1) is 23.1. The van der Waals surface area contributed by atoms with Gasteiger partial charge >= 0.3 is 5.97 Å². The monoisotopic (exact) mass is 438 g/mol. The van der Waals surface area contributed by atoms with Crippen molar-refractivity contribution in [3.05, 3.63) is 41.4 Å². The molecule has 1 aliphatic heterocycles. The summed E-state index contributed by atoms with van der Waals surface area (Å²) in [5, 5.41) is 30.2. The Labute approximate surface area is 182 Å². The van der Waals surface area contributed by atoms with Crippen molar-refractivity contribution in [3.63, 3.8) is 0 Å². The van der Waals surface area contributed by atoms with Crippen LogP contribution in [0.2, 0.25) is 5.02 Å². The number of rotatable bonds is 9. The second kappa shape index (κ2) is 11.1. The smallest absolute Gasteiger partial charge is 0.303 e. The number of halogens is 1. The molecule has 1 aromatic rings. The molecule has 1 aliphatic carbocycles. The number of carboxylic acid groups (broad SMARTS) is 1. The summed E-state index contributed by atoms with van der Waals surface area (Å²) in [7, 11) is 0. The second-order valence-electron chi connectivity index (χ2n) is 8.37. The number of fused-ring (bicyclic) bond motifs is 1. The molecule has 30 heavy (non-hydrogen) atoms. The molecule has 3 rings (SSSR count). The van der Waals surface area contributed by atoms with Gasteiger partial charge in [-0.1, -0.05) is 29.8 Å². The largest absolute Gasteiger partial charge is 0.491 e. The van der Waals surface area contributed by atoms with Crippen LogP contribution in [-0.4, -0.2) is 52.8 Å². The summed E-state index contributed by atoms with van der Waals surface area (Å²) in [6.45, 7) is 0.732. The molecule has 6 nitrogen and oxygen atoms in total. The average molecular weight is 439 g/mol. The first-order valence-corrected chi connectivity index (χ1v) is 11.1. The third kappa shape index (κ3) is 6.71. The van der Waals surface area contributed by atoms with Gasteiger partial charge in [0.05, 0.1) is 12.2 Å². The molecule has 2 aliphatic rings.